The Hall–Kier alpha value is -3.55. The van der Waals surface area contributed by atoms with Crippen LogP contribution in [0, 0.1) is 10.1 Å². The van der Waals surface area contributed by atoms with Gasteiger partial charge in [0.1, 0.15) is 0 Å². The van der Waals surface area contributed by atoms with Gasteiger partial charge >= 0.3 is 5.97 Å². The summed E-state index contributed by atoms with van der Waals surface area (Å²) >= 11 is 0. The van der Waals surface area contributed by atoms with E-state index in [1.54, 1.807) is 12.1 Å². The van der Waals surface area contributed by atoms with Gasteiger partial charge in [0, 0.05) is 23.3 Å². The fourth-order valence-corrected chi connectivity index (χ4v) is 1.79. The van der Waals surface area contributed by atoms with Crippen molar-refractivity contribution in [3.63, 3.8) is 0 Å². The molecule has 0 aliphatic carbocycles. The molecule has 2 N–H and O–H groups in total. The third-order valence-corrected chi connectivity index (χ3v) is 2.88. The van der Waals surface area contributed by atoms with Gasteiger partial charge in [0.15, 0.2) is 0 Å². The van der Waals surface area contributed by atoms with E-state index in [2.05, 4.69) is 10.5 Å². The van der Waals surface area contributed by atoms with Gasteiger partial charge in [0.2, 0.25) is 0 Å². The van der Waals surface area contributed by atoms with Crippen LogP contribution in [0.4, 0.5) is 5.69 Å². The monoisotopic (exact) mass is 313 g/mol. The maximum Gasteiger partial charge on any atom is 0.336 e. The maximum atomic E-state index is 11.9. The third kappa shape index (κ3) is 3.97. The minimum atomic E-state index is -1.11. The SMILES string of the molecule is O=C(N/N=C\c1ccccc1C(=O)O)c1cccc([N+](=O)[O-])c1. The molecule has 0 aromatic heterocycles. The van der Waals surface area contributed by atoms with Crippen LogP contribution in [-0.2, 0) is 0 Å². The molecule has 2 rings (SSSR count). The maximum absolute atomic E-state index is 11.9. The highest BCUT2D eigenvalue weighted by atomic mass is 16.6. The molecule has 116 valence electrons. The van der Waals surface area contributed by atoms with Crippen LogP contribution in [0.15, 0.2) is 53.6 Å². The van der Waals surface area contributed by atoms with Gasteiger partial charge < -0.3 is 5.11 Å². The number of non-ortho nitro benzene ring substituents is 1. The Morgan fingerprint density at radius 3 is 2.61 bits per heavy atom. The normalized spacial score (nSPS) is 10.4. The van der Waals surface area contributed by atoms with Crippen LogP contribution in [0.25, 0.3) is 0 Å². The molecule has 0 heterocycles. The van der Waals surface area contributed by atoms with E-state index in [-0.39, 0.29) is 16.8 Å². The van der Waals surface area contributed by atoms with E-state index < -0.39 is 16.8 Å². The van der Waals surface area contributed by atoms with Crippen LogP contribution in [0.3, 0.4) is 0 Å². The first-order valence-corrected chi connectivity index (χ1v) is 6.39. The van der Waals surface area contributed by atoms with E-state index in [1.165, 1.54) is 36.5 Å². The number of carboxylic acid groups (broad SMARTS) is 1. The van der Waals surface area contributed by atoms with Gasteiger partial charge in [0.05, 0.1) is 16.7 Å². The second-order valence-electron chi connectivity index (χ2n) is 4.40. The van der Waals surface area contributed by atoms with Crippen LogP contribution in [0.5, 0.6) is 0 Å². The number of benzene rings is 2. The first-order chi connectivity index (χ1) is 11.0. The van der Waals surface area contributed by atoms with Crippen molar-refractivity contribution in [2.75, 3.05) is 0 Å². The van der Waals surface area contributed by atoms with Crippen molar-refractivity contribution in [1.82, 2.24) is 5.43 Å². The molecule has 0 bridgehead atoms. The predicted octanol–water partition coefficient (Wildman–Crippen LogP) is 2.06. The van der Waals surface area contributed by atoms with Crippen molar-refractivity contribution < 1.29 is 19.6 Å². The average Bonchev–Trinajstić information content (AvgIpc) is 2.55. The Morgan fingerprint density at radius 2 is 1.91 bits per heavy atom. The standard InChI is InChI=1S/C15H11N3O5/c19-14(10-5-3-6-12(8-10)18(22)23)17-16-9-11-4-1-2-7-13(11)15(20)21/h1-9H,(H,17,19)(H,20,21)/b16-9-. The van der Waals surface area contributed by atoms with Gasteiger partial charge in [-0.3, -0.25) is 14.9 Å². The molecule has 2 aromatic carbocycles. The first kappa shape index (κ1) is 15.8. The minimum Gasteiger partial charge on any atom is -0.478 e. The fourth-order valence-electron chi connectivity index (χ4n) is 1.79. The molecule has 0 aliphatic rings. The zero-order valence-corrected chi connectivity index (χ0v) is 11.7. The Morgan fingerprint density at radius 1 is 1.17 bits per heavy atom. The highest BCUT2D eigenvalue weighted by Crippen LogP contribution is 2.13. The van der Waals surface area contributed by atoms with E-state index in [4.69, 9.17) is 5.11 Å². The molecule has 0 saturated carbocycles. The summed E-state index contributed by atoms with van der Waals surface area (Å²) in [6.45, 7) is 0. The summed E-state index contributed by atoms with van der Waals surface area (Å²) < 4.78 is 0. The predicted molar refractivity (Wildman–Crippen MR) is 81.6 cm³/mol. The number of hydrogen-bond donors (Lipinski definition) is 2. The number of hydrazone groups is 1. The molecule has 0 fully saturated rings. The Balaban J connectivity index is 2.12. The van der Waals surface area contributed by atoms with Crippen molar-refractivity contribution >= 4 is 23.8 Å². The van der Waals surface area contributed by atoms with Gasteiger partial charge in [-0.15, -0.1) is 0 Å². The molecule has 0 aliphatic heterocycles. The zero-order chi connectivity index (χ0) is 16.8. The van der Waals surface area contributed by atoms with Crippen LogP contribution in [0.1, 0.15) is 26.3 Å². The van der Waals surface area contributed by atoms with Crippen molar-refractivity contribution in [1.29, 1.82) is 0 Å². The number of nitro benzene ring substituents is 1. The fraction of sp³-hybridized carbons (Fsp3) is 0. The summed E-state index contributed by atoms with van der Waals surface area (Å²) in [6, 6.07) is 11.3. The molecular weight excluding hydrogens is 302 g/mol. The number of nitrogens with zero attached hydrogens (tertiary/aromatic N) is 2. The van der Waals surface area contributed by atoms with Gasteiger partial charge in [-0.2, -0.15) is 5.10 Å². The summed E-state index contributed by atoms with van der Waals surface area (Å²) in [6.07, 6.45) is 1.19. The number of carboxylic acids is 1. The molecule has 0 saturated heterocycles. The van der Waals surface area contributed by atoms with E-state index >= 15 is 0 Å². The van der Waals surface area contributed by atoms with Gasteiger partial charge in [-0.1, -0.05) is 24.3 Å². The number of amides is 1. The lowest BCUT2D eigenvalue weighted by molar-refractivity contribution is -0.384. The van der Waals surface area contributed by atoms with Gasteiger partial charge in [0.25, 0.3) is 11.6 Å². The quantitative estimate of drug-likeness (QED) is 0.497. The number of hydrogen-bond acceptors (Lipinski definition) is 5. The molecule has 1 amide bonds. The van der Waals surface area contributed by atoms with Crippen LogP contribution < -0.4 is 5.43 Å². The highest BCUT2D eigenvalue weighted by Gasteiger charge is 2.11. The number of carbonyl (C=O) groups excluding carboxylic acids is 1. The molecule has 8 nitrogen and oxygen atoms in total. The van der Waals surface area contributed by atoms with E-state index in [0.717, 1.165) is 6.07 Å². The number of rotatable bonds is 5. The largest absolute Gasteiger partial charge is 0.478 e. The van der Waals surface area contributed by atoms with E-state index in [9.17, 15) is 19.7 Å². The summed E-state index contributed by atoms with van der Waals surface area (Å²) in [7, 11) is 0. The number of carbonyl (C=O) groups is 2. The molecule has 0 spiro atoms. The van der Waals surface area contributed by atoms with Crippen LogP contribution in [0.2, 0.25) is 0 Å². The lowest BCUT2D eigenvalue weighted by Crippen LogP contribution is -2.18. The summed E-state index contributed by atoms with van der Waals surface area (Å²) in [5.74, 6) is -1.75. The summed E-state index contributed by atoms with van der Waals surface area (Å²) in [5, 5.41) is 23.4. The zero-order valence-electron chi connectivity index (χ0n) is 11.7. The lowest BCUT2D eigenvalue weighted by atomic mass is 10.1. The van der Waals surface area contributed by atoms with Gasteiger partial charge in [-0.25, -0.2) is 10.2 Å². The van der Waals surface area contributed by atoms with E-state index in [1.807, 2.05) is 0 Å². The Bertz CT molecular complexity index is 801. The third-order valence-electron chi connectivity index (χ3n) is 2.88. The second-order valence-corrected chi connectivity index (χ2v) is 4.40. The van der Waals surface area contributed by atoms with Crippen molar-refractivity contribution in [2.45, 2.75) is 0 Å². The van der Waals surface area contributed by atoms with Crippen molar-refractivity contribution in [3.8, 4) is 0 Å². The molecule has 8 heteroatoms. The number of nitrogens with one attached hydrogen (secondary N) is 1. The van der Waals surface area contributed by atoms with Crippen molar-refractivity contribution in [2.24, 2.45) is 5.10 Å². The van der Waals surface area contributed by atoms with Crippen LogP contribution >= 0.6 is 0 Å². The second kappa shape index (κ2) is 6.94. The summed E-state index contributed by atoms with van der Waals surface area (Å²) in [4.78, 5) is 33.0. The van der Waals surface area contributed by atoms with E-state index in [0.29, 0.717) is 5.56 Å². The Kier molecular flexibility index (Phi) is 4.78. The molecule has 23 heavy (non-hydrogen) atoms. The molecule has 0 unspecified atom stereocenters. The molecule has 0 atom stereocenters. The topological polar surface area (TPSA) is 122 Å². The highest BCUT2D eigenvalue weighted by molar-refractivity contribution is 5.99. The number of nitro groups is 1. The van der Waals surface area contributed by atoms with Crippen molar-refractivity contribution in [3.05, 3.63) is 75.3 Å². The Labute approximate surface area is 130 Å². The molecular formula is C15H11N3O5. The first-order valence-electron chi connectivity index (χ1n) is 6.39. The van der Waals surface area contributed by atoms with Gasteiger partial charge in [-0.05, 0) is 12.1 Å². The average molecular weight is 313 g/mol. The smallest absolute Gasteiger partial charge is 0.336 e. The number of aromatic carboxylic acids is 1. The minimum absolute atomic E-state index is 0.0425. The van der Waals surface area contributed by atoms with Crippen LogP contribution in [-0.4, -0.2) is 28.1 Å². The molecule has 0 radical (unpaired) electrons. The molecule has 2 aromatic rings. The lowest BCUT2D eigenvalue weighted by Gasteiger charge is -2.01. The summed E-state index contributed by atoms with van der Waals surface area (Å²) in [5.41, 5.74) is 2.42.